The number of benzene rings is 1. The first-order valence-corrected chi connectivity index (χ1v) is 5.33. The molecule has 1 N–H and O–H groups in total. The molecule has 2 rings (SSSR count). The molecule has 1 aromatic rings. The molecule has 0 saturated heterocycles. The number of halogens is 2. The van der Waals surface area contributed by atoms with Crippen LogP contribution in [-0.2, 0) is 20.8 Å². The summed E-state index contributed by atoms with van der Waals surface area (Å²) in [6.45, 7) is 0.702. The van der Waals surface area contributed by atoms with E-state index in [0.717, 1.165) is 18.2 Å². The van der Waals surface area contributed by atoms with E-state index in [0.29, 0.717) is 18.8 Å². The van der Waals surface area contributed by atoms with Crippen LogP contribution in [0, 0.1) is 11.6 Å². The smallest absolute Gasteiger partial charge is 0.289 e. The van der Waals surface area contributed by atoms with Crippen molar-refractivity contribution in [2.75, 3.05) is 13.2 Å². The molecule has 1 aliphatic rings. The standard InChI is InChI=1S/C12H11F2NO3/c13-9-3-8(4-10(14)5-9)6-15-12(16)11-7-17-1-2-18-11/h3-5,7H,1-2,6H2,(H,15,16). The van der Waals surface area contributed by atoms with Gasteiger partial charge < -0.3 is 14.8 Å². The Bertz CT molecular complexity index is 468. The average Bonchev–Trinajstić information content (AvgIpc) is 2.36. The minimum absolute atomic E-state index is 0.00815. The zero-order chi connectivity index (χ0) is 13.0. The van der Waals surface area contributed by atoms with E-state index in [-0.39, 0.29) is 12.3 Å². The molecule has 0 bridgehead atoms. The number of amides is 1. The summed E-state index contributed by atoms with van der Waals surface area (Å²) in [4.78, 5) is 11.6. The fourth-order valence-corrected chi connectivity index (χ4v) is 1.47. The summed E-state index contributed by atoms with van der Waals surface area (Å²) in [6, 6.07) is 3.07. The number of rotatable bonds is 3. The van der Waals surface area contributed by atoms with Gasteiger partial charge in [-0.15, -0.1) is 0 Å². The summed E-state index contributed by atoms with van der Waals surface area (Å²) < 4.78 is 35.8. The number of carbonyl (C=O) groups is 1. The predicted molar refractivity (Wildman–Crippen MR) is 58.2 cm³/mol. The number of nitrogens with one attached hydrogen (secondary N) is 1. The van der Waals surface area contributed by atoms with Gasteiger partial charge in [0.1, 0.15) is 31.1 Å². The number of ether oxygens (including phenoxy) is 2. The molecule has 96 valence electrons. The molecule has 0 fully saturated rings. The van der Waals surface area contributed by atoms with E-state index in [4.69, 9.17) is 9.47 Å². The molecule has 1 amide bonds. The summed E-state index contributed by atoms with van der Waals surface area (Å²) >= 11 is 0. The van der Waals surface area contributed by atoms with Crippen molar-refractivity contribution in [2.45, 2.75) is 6.54 Å². The molecule has 0 spiro atoms. The second-order valence-corrected chi connectivity index (χ2v) is 3.66. The number of hydrogen-bond acceptors (Lipinski definition) is 3. The molecule has 0 radical (unpaired) electrons. The molecule has 0 saturated carbocycles. The first-order chi connectivity index (χ1) is 8.65. The Labute approximate surface area is 102 Å². The van der Waals surface area contributed by atoms with Crippen molar-refractivity contribution in [3.63, 3.8) is 0 Å². The van der Waals surface area contributed by atoms with Crippen LogP contribution in [0.15, 0.2) is 30.2 Å². The topological polar surface area (TPSA) is 47.6 Å². The molecule has 6 heteroatoms. The molecular weight excluding hydrogens is 244 g/mol. The van der Waals surface area contributed by atoms with Crippen LogP contribution >= 0.6 is 0 Å². The second-order valence-electron chi connectivity index (χ2n) is 3.66. The summed E-state index contributed by atoms with van der Waals surface area (Å²) in [6.07, 6.45) is 1.21. The fraction of sp³-hybridized carbons (Fsp3) is 0.250. The molecule has 0 unspecified atom stereocenters. The van der Waals surface area contributed by atoms with Crippen LogP contribution in [0.1, 0.15) is 5.56 Å². The Morgan fingerprint density at radius 2 is 1.94 bits per heavy atom. The monoisotopic (exact) mass is 255 g/mol. The van der Waals surface area contributed by atoms with Gasteiger partial charge in [-0.25, -0.2) is 8.78 Å². The summed E-state index contributed by atoms with van der Waals surface area (Å²) in [7, 11) is 0. The number of carbonyl (C=O) groups excluding carboxylic acids is 1. The molecule has 0 aliphatic carbocycles. The van der Waals surface area contributed by atoms with Crippen molar-refractivity contribution < 1.29 is 23.0 Å². The molecule has 4 nitrogen and oxygen atoms in total. The van der Waals surface area contributed by atoms with E-state index in [2.05, 4.69) is 5.32 Å². The maximum absolute atomic E-state index is 12.9. The maximum atomic E-state index is 12.9. The summed E-state index contributed by atoms with van der Waals surface area (Å²) in [5, 5.41) is 2.48. The minimum Gasteiger partial charge on any atom is -0.494 e. The predicted octanol–water partition coefficient (Wildman–Crippen LogP) is 1.47. The van der Waals surface area contributed by atoms with E-state index in [1.165, 1.54) is 6.26 Å². The van der Waals surface area contributed by atoms with E-state index < -0.39 is 17.5 Å². The Morgan fingerprint density at radius 3 is 2.56 bits per heavy atom. The third kappa shape index (κ3) is 3.19. The van der Waals surface area contributed by atoms with Gasteiger partial charge in [-0.05, 0) is 17.7 Å². The van der Waals surface area contributed by atoms with Crippen molar-refractivity contribution in [3.05, 3.63) is 47.4 Å². The minimum atomic E-state index is -0.685. The van der Waals surface area contributed by atoms with Crippen molar-refractivity contribution in [3.8, 4) is 0 Å². The summed E-state index contributed by atoms with van der Waals surface area (Å²) in [5.41, 5.74) is 0.332. The van der Waals surface area contributed by atoms with Crippen molar-refractivity contribution >= 4 is 5.91 Å². The van der Waals surface area contributed by atoms with Crippen LogP contribution in [0.5, 0.6) is 0 Å². The zero-order valence-corrected chi connectivity index (χ0v) is 9.41. The first-order valence-electron chi connectivity index (χ1n) is 5.33. The fourth-order valence-electron chi connectivity index (χ4n) is 1.47. The van der Waals surface area contributed by atoms with Crippen molar-refractivity contribution in [2.24, 2.45) is 0 Å². The highest BCUT2D eigenvalue weighted by atomic mass is 19.1. The normalized spacial score (nSPS) is 14.2. The lowest BCUT2D eigenvalue weighted by Crippen LogP contribution is -2.28. The molecule has 0 aromatic heterocycles. The van der Waals surface area contributed by atoms with E-state index in [1.807, 2.05) is 0 Å². The molecule has 18 heavy (non-hydrogen) atoms. The molecule has 1 heterocycles. The third-order valence-corrected chi connectivity index (χ3v) is 2.25. The average molecular weight is 255 g/mol. The number of hydrogen-bond donors (Lipinski definition) is 1. The highest BCUT2D eigenvalue weighted by Crippen LogP contribution is 2.09. The molecule has 1 aromatic carbocycles. The molecule has 1 aliphatic heterocycles. The lowest BCUT2D eigenvalue weighted by molar-refractivity contribution is -0.122. The van der Waals surface area contributed by atoms with E-state index in [1.54, 1.807) is 0 Å². The van der Waals surface area contributed by atoms with Crippen LogP contribution in [0.3, 0.4) is 0 Å². The Morgan fingerprint density at radius 1 is 1.22 bits per heavy atom. The van der Waals surface area contributed by atoms with Crippen LogP contribution in [0.4, 0.5) is 8.78 Å². The largest absolute Gasteiger partial charge is 0.494 e. The SMILES string of the molecule is O=C(NCc1cc(F)cc(F)c1)C1=COCCO1. The zero-order valence-electron chi connectivity index (χ0n) is 9.41. The van der Waals surface area contributed by atoms with Gasteiger partial charge in [-0.2, -0.15) is 0 Å². The van der Waals surface area contributed by atoms with E-state index in [9.17, 15) is 13.6 Å². The van der Waals surface area contributed by atoms with Gasteiger partial charge in [0.15, 0.2) is 0 Å². The van der Waals surface area contributed by atoms with Gasteiger partial charge in [0.25, 0.3) is 5.91 Å². The molecular formula is C12H11F2NO3. The first kappa shape index (κ1) is 12.3. The third-order valence-electron chi connectivity index (χ3n) is 2.25. The van der Waals surface area contributed by atoms with Crippen molar-refractivity contribution in [1.29, 1.82) is 0 Å². The van der Waals surface area contributed by atoms with Crippen LogP contribution in [-0.4, -0.2) is 19.1 Å². The Kier molecular flexibility index (Phi) is 3.76. The second kappa shape index (κ2) is 5.48. The quantitative estimate of drug-likeness (QED) is 0.889. The van der Waals surface area contributed by atoms with Crippen molar-refractivity contribution in [1.82, 2.24) is 5.32 Å². The highest BCUT2D eigenvalue weighted by Gasteiger charge is 2.14. The van der Waals surface area contributed by atoms with Gasteiger partial charge in [0.05, 0.1) is 0 Å². The molecule has 0 atom stereocenters. The summed E-state index contributed by atoms with van der Waals surface area (Å²) in [5.74, 6) is -1.80. The lowest BCUT2D eigenvalue weighted by atomic mass is 10.2. The van der Waals surface area contributed by atoms with E-state index >= 15 is 0 Å². The van der Waals surface area contributed by atoms with Crippen LogP contribution in [0.25, 0.3) is 0 Å². The van der Waals surface area contributed by atoms with Gasteiger partial charge in [0.2, 0.25) is 5.76 Å². The van der Waals surface area contributed by atoms with Gasteiger partial charge in [-0.1, -0.05) is 0 Å². The van der Waals surface area contributed by atoms with Crippen LogP contribution < -0.4 is 5.32 Å². The van der Waals surface area contributed by atoms with Gasteiger partial charge in [-0.3, -0.25) is 4.79 Å². The maximum Gasteiger partial charge on any atom is 0.289 e. The van der Waals surface area contributed by atoms with Gasteiger partial charge >= 0.3 is 0 Å². The highest BCUT2D eigenvalue weighted by molar-refractivity contribution is 5.91. The van der Waals surface area contributed by atoms with Gasteiger partial charge in [0, 0.05) is 12.6 Å². The lowest BCUT2D eigenvalue weighted by Gasteiger charge is -2.15. The Hall–Kier alpha value is -2.11. The van der Waals surface area contributed by atoms with Crippen LogP contribution in [0.2, 0.25) is 0 Å². The Balaban J connectivity index is 1.94.